The van der Waals surface area contributed by atoms with Crippen LogP contribution in [0.5, 0.6) is 5.75 Å². The van der Waals surface area contributed by atoms with Crippen LogP contribution in [0.2, 0.25) is 0 Å². The number of unbranched alkanes of at least 4 members (excludes halogenated alkanes) is 3. The fraction of sp³-hybridized carbons (Fsp3) is 0.533. The molecule has 0 aliphatic carbocycles. The Labute approximate surface area is 131 Å². The van der Waals surface area contributed by atoms with Crippen LogP contribution in [0.4, 0.5) is 0 Å². The summed E-state index contributed by atoms with van der Waals surface area (Å²) in [6.07, 6.45) is 3.64. The van der Waals surface area contributed by atoms with Gasteiger partial charge in [0.25, 0.3) is 5.91 Å². The van der Waals surface area contributed by atoms with Gasteiger partial charge in [-0.2, -0.15) is 0 Å². The first-order valence-electron chi connectivity index (χ1n) is 7.29. The maximum absolute atomic E-state index is 12.6. The minimum atomic E-state index is -3.85. The summed E-state index contributed by atoms with van der Waals surface area (Å²) in [7, 11) is -2.37. The standard InChI is InChI=1S/C15H23NO5S/c1-3-4-5-6-7-14(15(17)16-18)22(19,20)13-10-8-12(21-2)9-11-13/h8-11,14,18H,3-7H2,1-2H3,(H,16,17)/t14-/m0/s1. The van der Waals surface area contributed by atoms with E-state index in [0.717, 1.165) is 19.3 Å². The number of benzene rings is 1. The molecule has 0 aromatic heterocycles. The number of hydrogen-bond acceptors (Lipinski definition) is 5. The van der Waals surface area contributed by atoms with E-state index in [1.165, 1.54) is 36.9 Å². The molecule has 0 radical (unpaired) electrons. The van der Waals surface area contributed by atoms with Crippen LogP contribution in [0.25, 0.3) is 0 Å². The van der Waals surface area contributed by atoms with Crippen molar-refractivity contribution in [3.05, 3.63) is 24.3 Å². The molecule has 124 valence electrons. The van der Waals surface area contributed by atoms with Gasteiger partial charge >= 0.3 is 0 Å². The second-order valence-corrected chi connectivity index (χ2v) is 7.17. The molecule has 2 N–H and O–H groups in total. The summed E-state index contributed by atoms with van der Waals surface area (Å²) < 4.78 is 30.2. The molecule has 0 fully saturated rings. The van der Waals surface area contributed by atoms with Crippen molar-refractivity contribution in [2.75, 3.05) is 7.11 Å². The predicted octanol–water partition coefficient (Wildman–Crippen LogP) is 2.31. The van der Waals surface area contributed by atoms with E-state index < -0.39 is 21.0 Å². The Morgan fingerprint density at radius 3 is 2.36 bits per heavy atom. The molecule has 0 aliphatic rings. The van der Waals surface area contributed by atoms with Crippen molar-refractivity contribution in [3.8, 4) is 5.75 Å². The van der Waals surface area contributed by atoms with Crippen LogP contribution in [0.1, 0.15) is 39.0 Å². The highest BCUT2D eigenvalue weighted by Crippen LogP contribution is 2.23. The molecule has 1 rings (SSSR count). The van der Waals surface area contributed by atoms with Gasteiger partial charge in [-0.3, -0.25) is 10.0 Å². The topological polar surface area (TPSA) is 92.7 Å². The molecule has 1 amide bonds. The number of hydrogen-bond donors (Lipinski definition) is 2. The largest absolute Gasteiger partial charge is 0.497 e. The van der Waals surface area contributed by atoms with Crippen LogP contribution >= 0.6 is 0 Å². The predicted molar refractivity (Wildman–Crippen MR) is 82.7 cm³/mol. The Kier molecular flexibility index (Phi) is 7.34. The van der Waals surface area contributed by atoms with E-state index in [2.05, 4.69) is 0 Å². The minimum absolute atomic E-state index is 0.0393. The number of carbonyl (C=O) groups is 1. The molecule has 7 heteroatoms. The second kappa shape index (κ2) is 8.75. The van der Waals surface area contributed by atoms with Crippen LogP contribution in [0.15, 0.2) is 29.2 Å². The first-order chi connectivity index (χ1) is 10.5. The number of ether oxygens (including phenoxy) is 1. The van der Waals surface area contributed by atoms with Gasteiger partial charge in [-0.15, -0.1) is 0 Å². The molecule has 0 saturated heterocycles. The van der Waals surface area contributed by atoms with Crippen LogP contribution in [0.3, 0.4) is 0 Å². The average Bonchev–Trinajstić information content (AvgIpc) is 2.54. The lowest BCUT2D eigenvalue weighted by atomic mass is 10.1. The van der Waals surface area contributed by atoms with Crippen LogP contribution in [-0.4, -0.2) is 31.9 Å². The lowest BCUT2D eigenvalue weighted by Gasteiger charge is -2.16. The zero-order valence-electron chi connectivity index (χ0n) is 12.9. The third-order valence-corrected chi connectivity index (χ3v) is 5.61. The molecule has 0 unspecified atom stereocenters. The molecule has 1 aromatic rings. The van der Waals surface area contributed by atoms with Crippen LogP contribution < -0.4 is 10.2 Å². The molecule has 6 nitrogen and oxygen atoms in total. The zero-order chi connectivity index (χ0) is 16.6. The summed E-state index contributed by atoms with van der Waals surface area (Å²) in [5.74, 6) is -0.364. The van der Waals surface area contributed by atoms with Gasteiger partial charge in [-0.25, -0.2) is 13.9 Å². The normalized spacial score (nSPS) is 12.7. The second-order valence-electron chi connectivity index (χ2n) is 5.03. The fourth-order valence-corrected chi connectivity index (χ4v) is 3.84. The molecular formula is C15H23NO5S. The van der Waals surface area contributed by atoms with Crippen molar-refractivity contribution >= 4 is 15.7 Å². The van der Waals surface area contributed by atoms with Crippen molar-refractivity contribution in [2.24, 2.45) is 0 Å². The molecular weight excluding hydrogens is 306 g/mol. The highest BCUT2D eigenvalue weighted by atomic mass is 32.2. The summed E-state index contributed by atoms with van der Waals surface area (Å²) in [6, 6.07) is 5.85. The number of methoxy groups -OCH3 is 1. The maximum Gasteiger partial charge on any atom is 0.262 e. The van der Waals surface area contributed by atoms with Gasteiger partial charge in [0.2, 0.25) is 0 Å². The molecule has 1 aromatic carbocycles. The van der Waals surface area contributed by atoms with Crippen molar-refractivity contribution in [1.82, 2.24) is 5.48 Å². The van der Waals surface area contributed by atoms with Crippen molar-refractivity contribution < 1.29 is 23.2 Å². The van der Waals surface area contributed by atoms with Crippen molar-refractivity contribution in [3.63, 3.8) is 0 Å². The van der Waals surface area contributed by atoms with Crippen LogP contribution in [0, 0.1) is 0 Å². The number of hydroxylamine groups is 1. The van der Waals surface area contributed by atoms with Gasteiger partial charge in [-0.05, 0) is 30.7 Å². The molecule has 0 aliphatic heterocycles. The van der Waals surface area contributed by atoms with E-state index in [4.69, 9.17) is 9.94 Å². The SMILES string of the molecule is CCCCCC[C@@H](C(=O)NO)S(=O)(=O)c1ccc(OC)cc1. The summed E-state index contributed by atoms with van der Waals surface area (Å²) in [4.78, 5) is 11.8. The van der Waals surface area contributed by atoms with Crippen molar-refractivity contribution in [2.45, 2.75) is 49.2 Å². The number of amides is 1. The Morgan fingerprint density at radius 1 is 1.23 bits per heavy atom. The van der Waals surface area contributed by atoms with Crippen LogP contribution in [-0.2, 0) is 14.6 Å². The summed E-state index contributed by atoms with van der Waals surface area (Å²) >= 11 is 0. The Morgan fingerprint density at radius 2 is 1.86 bits per heavy atom. The van der Waals surface area contributed by atoms with Gasteiger partial charge in [-0.1, -0.05) is 32.6 Å². The maximum atomic E-state index is 12.6. The smallest absolute Gasteiger partial charge is 0.262 e. The molecule has 1 atom stereocenters. The third-order valence-electron chi connectivity index (χ3n) is 3.49. The lowest BCUT2D eigenvalue weighted by Crippen LogP contribution is -2.38. The Hall–Kier alpha value is -1.60. The van der Waals surface area contributed by atoms with E-state index in [9.17, 15) is 13.2 Å². The van der Waals surface area contributed by atoms with Gasteiger partial charge in [0.15, 0.2) is 9.84 Å². The molecule has 0 bridgehead atoms. The molecule has 0 spiro atoms. The lowest BCUT2D eigenvalue weighted by molar-refractivity contribution is -0.128. The summed E-state index contributed by atoms with van der Waals surface area (Å²) in [6.45, 7) is 2.05. The Bertz CT molecular complexity index is 568. The quantitative estimate of drug-likeness (QED) is 0.412. The zero-order valence-corrected chi connectivity index (χ0v) is 13.7. The first kappa shape index (κ1) is 18.4. The van der Waals surface area contributed by atoms with E-state index in [-0.39, 0.29) is 11.3 Å². The van der Waals surface area contributed by atoms with Gasteiger partial charge in [0.05, 0.1) is 12.0 Å². The van der Waals surface area contributed by atoms with E-state index in [0.29, 0.717) is 12.2 Å². The number of rotatable bonds is 9. The number of carbonyl (C=O) groups excluding carboxylic acids is 1. The van der Waals surface area contributed by atoms with Gasteiger partial charge < -0.3 is 4.74 Å². The Balaban J connectivity index is 2.96. The molecule has 0 heterocycles. The highest BCUT2D eigenvalue weighted by Gasteiger charge is 2.33. The summed E-state index contributed by atoms with van der Waals surface area (Å²) in [5.41, 5.74) is 1.46. The number of sulfone groups is 1. The van der Waals surface area contributed by atoms with E-state index in [1.54, 1.807) is 0 Å². The van der Waals surface area contributed by atoms with Gasteiger partial charge in [0, 0.05) is 0 Å². The van der Waals surface area contributed by atoms with E-state index in [1.807, 2.05) is 6.92 Å². The average molecular weight is 329 g/mol. The molecule has 22 heavy (non-hydrogen) atoms. The van der Waals surface area contributed by atoms with Gasteiger partial charge in [0.1, 0.15) is 11.0 Å². The number of nitrogens with one attached hydrogen (secondary N) is 1. The minimum Gasteiger partial charge on any atom is -0.497 e. The third kappa shape index (κ3) is 4.71. The van der Waals surface area contributed by atoms with E-state index >= 15 is 0 Å². The fourth-order valence-electron chi connectivity index (χ4n) is 2.19. The monoisotopic (exact) mass is 329 g/mol. The highest BCUT2D eigenvalue weighted by molar-refractivity contribution is 7.92. The molecule has 0 saturated carbocycles. The van der Waals surface area contributed by atoms with Crippen molar-refractivity contribution in [1.29, 1.82) is 0 Å². The summed E-state index contributed by atoms with van der Waals surface area (Å²) in [5, 5.41) is 7.53. The first-order valence-corrected chi connectivity index (χ1v) is 8.83.